The van der Waals surface area contributed by atoms with Crippen molar-refractivity contribution in [1.82, 2.24) is 10.3 Å². The third-order valence-electron chi connectivity index (χ3n) is 3.40. The number of aromatic nitrogens is 1. The molecule has 0 fully saturated rings. The van der Waals surface area contributed by atoms with Crippen molar-refractivity contribution in [3.63, 3.8) is 0 Å². The third-order valence-corrected chi connectivity index (χ3v) is 3.40. The van der Waals surface area contributed by atoms with Gasteiger partial charge in [0.05, 0.1) is 13.3 Å². The van der Waals surface area contributed by atoms with Crippen LogP contribution in [0.3, 0.4) is 0 Å². The molecule has 19 heavy (non-hydrogen) atoms. The average Bonchev–Trinajstić information content (AvgIpc) is 2.46. The first kappa shape index (κ1) is 16.0. The molecule has 3 heteroatoms. The minimum atomic E-state index is 0.384. The zero-order chi connectivity index (χ0) is 13.9. The number of ether oxygens (including phenoxy) is 1. The van der Waals surface area contributed by atoms with E-state index in [0.717, 1.165) is 18.7 Å². The van der Waals surface area contributed by atoms with Gasteiger partial charge < -0.3 is 10.1 Å². The van der Waals surface area contributed by atoms with Crippen LogP contribution in [0, 0.1) is 0 Å². The van der Waals surface area contributed by atoms with Crippen LogP contribution in [0.15, 0.2) is 18.5 Å². The largest absolute Gasteiger partial charge is 0.495 e. The minimum Gasteiger partial charge on any atom is -0.495 e. The molecule has 1 heterocycles. The Hall–Kier alpha value is -1.09. The van der Waals surface area contributed by atoms with Crippen LogP contribution >= 0.6 is 0 Å². The van der Waals surface area contributed by atoms with E-state index in [0.29, 0.717) is 6.04 Å². The van der Waals surface area contributed by atoms with Crippen molar-refractivity contribution in [2.75, 3.05) is 13.7 Å². The van der Waals surface area contributed by atoms with Crippen LogP contribution in [0.25, 0.3) is 0 Å². The van der Waals surface area contributed by atoms with Gasteiger partial charge in [-0.3, -0.25) is 4.98 Å². The van der Waals surface area contributed by atoms with E-state index >= 15 is 0 Å². The molecule has 0 radical (unpaired) electrons. The molecule has 0 saturated carbocycles. The van der Waals surface area contributed by atoms with Gasteiger partial charge in [0.25, 0.3) is 0 Å². The van der Waals surface area contributed by atoms with Gasteiger partial charge in [-0.15, -0.1) is 0 Å². The summed E-state index contributed by atoms with van der Waals surface area (Å²) in [6, 6.07) is 2.46. The Bertz CT molecular complexity index is 341. The van der Waals surface area contributed by atoms with Crippen molar-refractivity contribution < 1.29 is 4.74 Å². The summed E-state index contributed by atoms with van der Waals surface area (Å²) in [6.45, 7) is 5.49. The monoisotopic (exact) mass is 264 g/mol. The van der Waals surface area contributed by atoms with Gasteiger partial charge in [-0.2, -0.15) is 0 Å². The van der Waals surface area contributed by atoms with Gasteiger partial charge in [0.2, 0.25) is 0 Å². The molecule has 0 saturated heterocycles. The van der Waals surface area contributed by atoms with E-state index in [4.69, 9.17) is 4.74 Å². The van der Waals surface area contributed by atoms with E-state index < -0.39 is 0 Å². The minimum absolute atomic E-state index is 0.384. The molecular formula is C16H28N2O. The maximum absolute atomic E-state index is 5.43. The quantitative estimate of drug-likeness (QED) is 0.646. The second-order valence-electron chi connectivity index (χ2n) is 4.97. The van der Waals surface area contributed by atoms with E-state index in [1.165, 1.54) is 37.7 Å². The maximum Gasteiger partial charge on any atom is 0.141 e. The predicted molar refractivity (Wildman–Crippen MR) is 80.6 cm³/mol. The zero-order valence-electron chi connectivity index (χ0n) is 12.6. The number of hydrogen-bond acceptors (Lipinski definition) is 3. The van der Waals surface area contributed by atoms with E-state index in [9.17, 15) is 0 Å². The molecule has 0 bridgehead atoms. The molecule has 1 rings (SSSR count). The van der Waals surface area contributed by atoms with E-state index in [-0.39, 0.29) is 0 Å². The number of hydrogen-bond donors (Lipinski definition) is 1. The van der Waals surface area contributed by atoms with Crippen LogP contribution in [0.1, 0.15) is 64.0 Å². The SMILES string of the molecule is CCCCCCC(NCCC)c1ccncc1OC. The summed E-state index contributed by atoms with van der Waals surface area (Å²) in [4.78, 5) is 4.14. The Labute approximate surface area is 117 Å². The van der Waals surface area contributed by atoms with Gasteiger partial charge in [-0.1, -0.05) is 39.5 Å². The molecule has 0 aliphatic heterocycles. The Morgan fingerprint density at radius 1 is 1.21 bits per heavy atom. The molecule has 0 aromatic carbocycles. The van der Waals surface area contributed by atoms with Crippen LogP contribution in [0.5, 0.6) is 5.75 Å². The van der Waals surface area contributed by atoms with Gasteiger partial charge in [0.15, 0.2) is 0 Å². The lowest BCUT2D eigenvalue weighted by atomic mass is 10.00. The van der Waals surface area contributed by atoms with Crippen LogP contribution in [0.4, 0.5) is 0 Å². The molecule has 1 N–H and O–H groups in total. The molecular weight excluding hydrogens is 236 g/mol. The molecule has 108 valence electrons. The number of nitrogens with zero attached hydrogens (tertiary/aromatic N) is 1. The zero-order valence-corrected chi connectivity index (χ0v) is 12.6. The fourth-order valence-corrected chi connectivity index (χ4v) is 2.31. The Morgan fingerprint density at radius 3 is 2.74 bits per heavy atom. The number of pyridine rings is 1. The van der Waals surface area contributed by atoms with Gasteiger partial charge in [-0.25, -0.2) is 0 Å². The first-order valence-electron chi connectivity index (χ1n) is 7.54. The summed E-state index contributed by atoms with van der Waals surface area (Å²) < 4.78 is 5.43. The van der Waals surface area contributed by atoms with Crippen LogP contribution in [-0.4, -0.2) is 18.6 Å². The topological polar surface area (TPSA) is 34.2 Å². The van der Waals surface area contributed by atoms with Gasteiger partial charge in [0, 0.05) is 17.8 Å². The molecule has 1 atom stereocenters. The van der Waals surface area contributed by atoms with E-state index in [2.05, 4.69) is 30.2 Å². The maximum atomic E-state index is 5.43. The summed E-state index contributed by atoms with van der Waals surface area (Å²) >= 11 is 0. The van der Waals surface area contributed by atoms with Crippen molar-refractivity contribution in [3.8, 4) is 5.75 Å². The summed E-state index contributed by atoms with van der Waals surface area (Å²) in [7, 11) is 1.72. The summed E-state index contributed by atoms with van der Waals surface area (Å²) in [6.07, 6.45) is 11.2. The fourth-order valence-electron chi connectivity index (χ4n) is 2.31. The molecule has 1 unspecified atom stereocenters. The molecule has 1 aromatic heterocycles. The highest BCUT2D eigenvalue weighted by atomic mass is 16.5. The first-order chi connectivity index (χ1) is 9.33. The highest BCUT2D eigenvalue weighted by Gasteiger charge is 2.14. The Kier molecular flexibility index (Phi) is 8.23. The van der Waals surface area contributed by atoms with E-state index in [1.807, 2.05) is 12.4 Å². The smallest absolute Gasteiger partial charge is 0.141 e. The van der Waals surface area contributed by atoms with Crippen LogP contribution < -0.4 is 10.1 Å². The lowest BCUT2D eigenvalue weighted by molar-refractivity contribution is 0.389. The normalized spacial score (nSPS) is 12.4. The van der Waals surface area contributed by atoms with Gasteiger partial charge in [0.1, 0.15) is 5.75 Å². The summed E-state index contributed by atoms with van der Waals surface area (Å²) in [5.74, 6) is 0.895. The Morgan fingerprint density at radius 2 is 2.05 bits per heavy atom. The lowest BCUT2D eigenvalue weighted by Crippen LogP contribution is -2.22. The van der Waals surface area contributed by atoms with Gasteiger partial charge in [-0.05, 0) is 25.5 Å². The van der Waals surface area contributed by atoms with Crippen molar-refractivity contribution in [1.29, 1.82) is 0 Å². The van der Waals surface area contributed by atoms with Gasteiger partial charge >= 0.3 is 0 Å². The number of rotatable bonds is 10. The number of methoxy groups -OCH3 is 1. The molecule has 0 spiro atoms. The third kappa shape index (κ3) is 5.60. The molecule has 1 aromatic rings. The summed E-state index contributed by atoms with van der Waals surface area (Å²) in [5.41, 5.74) is 1.24. The van der Waals surface area contributed by atoms with Crippen LogP contribution in [-0.2, 0) is 0 Å². The van der Waals surface area contributed by atoms with Crippen molar-refractivity contribution >= 4 is 0 Å². The predicted octanol–water partition coefficient (Wildman–Crippen LogP) is 4.10. The molecule has 0 aliphatic carbocycles. The molecule has 3 nitrogen and oxygen atoms in total. The van der Waals surface area contributed by atoms with Crippen molar-refractivity contribution in [3.05, 3.63) is 24.0 Å². The number of unbranched alkanes of at least 4 members (excludes halogenated alkanes) is 3. The molecule has 0 amide bonds. The first-order valence-corrected chi connectivity index (χ1v) is 7.54. The standard InChI is InChI=1S/C16H28N2O/c1-4-6-7-8-9-15(18-11-5-2)14-10-12-17-13-16(14)19-3/h10,12-13,15,18H,4-9,11H2,1-3H3. The van der Waals surface area contributed by atoms with E-state index in [1.54, 1.807) is 7.11 Å². The average molecular weight is 264 g/mol. The highest BCUT2D eigenvalue weighted by Crippen LogP contribution is 2.27. The Balaban J connectivity index is 2.65. The van der Waals surface area contributed by atoms with Crippen molar-refractivity contribution in [2.24, 2.45) is 0 Å². The highest BCUT2D eigenvalue weighted by molar-refractivity contribution is 5.32. The lowest BCUT2D eigenvalue weighted by Gasteiger charge is -2.21. The molecule has 0 aliphatic rings. The second-order valence-corrected chi connectivity index (χ2v) is 4.97. The second kappa shape index (κ2) is 9.79. The van der Waals surface area contributed by atoms with Crippen molar-refractivity contribution in [2.45, 2.75) is 58.4 Å². The number of nitrogens with one attached hydrogen (secondary N) is 1. The van der Waals surface area contributed by atoms with Crippen LogP contribution in [0.2, 0.25) is 0 Å². The summed E-state index contributed by atoms with van der Waals surface area (Å²) in [5, 5.41) is 3.63. The fraction of sp³-hybridized carbons (Fsp3) is 0.688.